The number of hydrogen-bond donors (Lipinski definition) is 4. The van der Waals surface area contributed by atoms with Gasteiger partial charge < -0.3 is 39.9 Å². The second kappa shape index (κ2) is 19.9. The molecule has 15 heteroatoms. The summed E-state index contributed by atoms with van der Waals surface area (Å²) >= 11 is 1.72. The number of rotatable bonds is 15. The second-order valence-corrected chi connectivity index (χ2v) is 16.9. The van der Waals surface area contributed by atoms with Crippen molar-refractivity contribution in [3.05, 3.63) is 96.4 Å². The van der Waals surface area contributed by atoms with Crippen LogP contribution in [0.2, 0.25) is 0 Å². The molecule has 4 heterocycles. The lowest BCUT2D eigenvalue weighted by Gasteiger charge is -2.30. The molecule has 1 fully saturated rings. The molecule has 61 heavy (non-hydrogen) atoms. The molecule has 1 aliphatic rings. The third kappa shape index (κ3) is 10.4. The summed E-state index contributed by atoms with van der Waals surface area (Å²) in [4.78, 5) is 73.4. The average Bonchev–Trinajstić information content (AvgIpc) is 4.11. The van der Waals surface area contributed by atoms with Crippen molar-refractivity contribution in [1.29, 1.82) is 0 Å². The van der Waals surface area contributed by atoms with Crippen LogP contribution in [0.15, 0.2) is 84.7 Å². The Morgan fingerprint density at radius 3 is 1.95 bits per heavy atom. The summed E-state index contributed by atoms with van der Waals surface area (Å²) in [5.41, 5.74) is 6.76. The Hall–Kier alpha value is -6.22. The molecule has 322 valence electrons. The number of methoxy groups -OCH3 is 2. The van der Waals surface area contributed by atoms with E-state index in [9.17, 15) is 19.2 Å². The monoisotopic (exact) mass is 848 g/mol. The van der Waals surface area contributed by atoms with Gasteiger partial charge in [0.15, 0.2) is 0 Å². The van der Waals surface area contributed by atoms with Gasteiger partial charge >= 0.3 is 12.2 Å². The van der Waals surface area contributed by atoms with Crippen molar-refractivity contribution in [2.75, 3.05) is 27.3 Å². The molecule has 1 unspecified atom stereocenters. The van der Waals surface area contributed by atoms with E-state index >= 15 is 0 Å². The van der Waals surface area contributed by atoms with Gasteiger partial charge in [-0.2, -0.15) is 0 Å². The van der Waals surface area contributed by atoms with Gasteiger partial charge in [-0.15, -0.1) is 11.3 Å². The van der Waals surface area contributed by atoms with Crippen LogP contribution in [0.4, 0.5) is 9.59 Å². The topological polar surface area (TPSA) is 175 Å². The van der Waals surface area contributed by atoms with Gasteiger partial charge in [-0.05, 0) is 80.3 Å². The van der Waals surface area contributed by atoms with Gasteiger partial charge in [-0.3, -0.25) is 9.59 Å². The van der Waals surface area contributed by atoms with Crippen LogP contribution in [0.5, 0.6) is 0 Å². The summed E-state index contributed by atoms with van der Waals surface area (Å²) in [7, 11) is 2.57. The lowest BCUT2D eigenvalue weighted by Crippen LogP contribution is -2.51. The molecule has 1 saturated heterocycles. The van der Waals surface area contributed by atoms with E-state index in [1.165, 1.54) is 14.2 Å². The highest BCUT2D eigenvalue weighted by Crippen LogP contribution is 2.37. The fraction of sp³-hybridized carbons (Fsp3) is 0.391. The molecule has 14 nitrogen and oxygen atoms in total. The third-order valence-electron chi connectivity index (χ3n) is 10.8. The number of carbonyl (C=O) groups is 4. The van der Waals surface area contributed by atoms with E-state index in [1.54, 1.807) is 28.5 Å². The molecule has 0 bridgehead atoms. The largest absolute Gasteiger partial charge is 0.453 e. The number of allylic oxidation sites excluding steroid dienone is 1. The maximum Gasteiger partial charge on any atom is 0.407 e. The van der Waals surface area contributed by atoms with E-state index in [0.717, 1.165) is 74.1 Å². The number of nitrogens with zero attached hydrogens (tertiary/aromatic N) is 4. The van der Waals surface area contributed by atoms with Crippen LogP contribution >= 0.6 is 11.3 Å². The number of carbonyl (C=O) groups excluding carboxylic acids is 4. The van der Waals surface area contributed by atoms with Crippen molar-refractivity contribution >= 4 is 35.3 Å². The summed E-state index contributed by atoms with van der Waals surface area (Å²) in [6, 6.07) is 18.8. The maximum absolute atomic E-state index is 13.7. The van der Waals surface area contributed by atoms with Crippen LogP contribution < -0.4 is 10.6 Å². The Morgan fingerprint density at radius 1 is 0.836 bits per heavy atom. The summed E-state index contributed by atoms with van der Waals surface area (Å²) in [5.74, 6) is 0.896. The van der Waals surface area contributed by atoms with Crippen LogP contribution in [0.3, 0.4) is 0 Å². The number of aromatic nitrogens is 4. The zero-order chi connectivity index (χ0) is 43.8. The molecule has 4 N–H and O–H groups in total. The van der Waals surface area contributed by atoms with Crippen molar-refractivity contribution < 1.29 is 28.7 Å². The van der Waals surface area contributed by atoms with E-state index in [0.29, 0.717) is 18.9 Å². The summed E-state index contributed by atoms with van der Waals surface area (Å²) in [6.07, 6.45) is 6.40. The number of nitrogens with one attached hydrogen (secondary N) is 4. The van der Waals surface area contributed by atoms with Crippen molar-refractivity contribution in [1.82, 2.24) is 40.4 Å². The first-order valence-electron chi connectivity index (χ1n) is 20.7. The minimum Gasteiger partial charge on any atom is -0.453 e. The van der Waals surface area contributed by atoms with Gasteiger partial charge in [0.25, 0.3) is 0 Å². The molecule has 0 radical (unpaired) electrons. The highest BCUT2D eigenvalue weighted by molar-refractivity contribution is 7.18. The summed E-state index contributed by atoms with van der Waals surface area (Å²) < 4.78 is 9.54. The highest BCUT2D eigenvalue weighted by atomic mass is 32.1. The van der Waals surface area contributed by atoms with Crippen LogP contribution in [0, 0.1) is 5.92 Å². The third-order valence-corrected chi connectivity index (χ3v) is 12.0. The molecule has 5 aromatic rings. The Morgan fingerprint density at radius 2 is 1.39 bits per heavy atom. The quantitative estimate of drug-likeness (QED) is 0.0756. The number of amides is 4. The molecular weight excluding hydrogens is 793 g/mol. The fourth-order valence-electron chi connectivity index (χ4n) is 7.57. The molecule has 3 aromatic heterocycles. The van der Waals surface area contributed by atoms with Gasteiger partial charge in [-0.1, -0.05) is 81.0 Å². The Bertz CT molecular complexity index is 2320. The molecule has 0 aliphatic carbocycles. The van der Waals surface area contributed by atoms with Crippen molar-refractivity contribution in [2.24, 2.45) is 5.92 Å². The standard InChI is InChI=1S/C46H56N8O6S/c1-9-22-53(43(55)34(24-27(2)3)51-45(57)59-7)29(6)41-47-25-35(49-41)30-12-16-32(17-13-30)38-20-21-39(61-38)33-18-14-31(15-19-33)36-26-48-42(50-36)37-11-10-23-54(37)44(56)40(28(4)5)52-46(58)60-8/h12-21,24-26,28-29,34,37,40H,9-11,22-23H2,1-8H3,(H,47,49)(H,48,50)(H,51,57)(H,52,58)/t29-,34?,37-,40-/m0/s1. The molecule has 4 atom stereocenters. The number of thiophene rings is 1. The number of benzene rings is 2. The number of hydrogen-bond acceptors (Lipinski definition) is 9. The number of ether oxygens (including phenoxy) is 2. The second-order valence-electron chi connectivity index (χ2n) is 15.8. The van der Waals surface area contributed by atoms with Gasteiger partial charge in [0.1, 0.15) is 23.7 Å². The molecule has 2 aromatic carbocycles. The van der Waals surface area contributed by atoms with Crippen molar-refractivity contribution in [3.63, 3.8) is 0 Å². The van der Waals surface area contributed by atoms with Crippen LogP contribution in [0.25, 0.3) is 43.4 Å². The Labute approximate surface area is 361 Å². The SMILES string of the molecule is CCCN(C(=O)C(C=C(C)C)NC(=O)OC)[C@@H](C)c1ncc(-c2ccc(-c3ccc(-c4ccc(-c5cnc([C@@H]6CCCN6C(=O)[C@@H](NC(=O)OC)C(C)C)[nH]5)cc4)s3)cc2)[nH]1. The molecule has 6 rings (SSSR count). The first-order valence-corrected chi connectivity index (χ1v) is 21.5. The average molecular weight is 849 g/mol. The minimum absolute atomic E-state index is 0.105. The minimum atomic E-state index is -0.861. The summed E-state index contributed by atoms with van der Waals surface area (Å²) in [5, 5.41) is 5.35. The lowest BCUT2D eigenvalue weighted by atomic mass is 10.0. The number of alkyl carbamates (subject to hydrolysis) is 2. The molecular formula is C46H56N8O6S. The predicted octanol–water partition coefficient (Wildman–Crippen LogP) is 8.90. The van der Waals surface area contributed by atoms with Gasteiger partial charge in [0.2, 0.25) is 11.8 Å². The zero-order valence-electron chi connectivity index (χ0n) is 36.1. The van der Waals surface area contributed by atoms with E-state index in [2.05, 4.69) is 91.2 Å². The predicted molar refractivity (Wildman–Crippen MR) is 237 cm³/mol. The number of aromatic amines is 2. The fourth-order valence-corrected chi connectivity index (χ4v) is 8.59. The number of imidazole rings is 2. The first kappa shape index (κ1) is 44.3. The van der Waals surface area contributed by atoms with Crippen LogP contribution in [-0.2, 0) is 19.1 Å². The molecule has 1 aliphatic heterocycles. The Balaban J connectivity index is 1.10. The highest BCUT2D eigenvalue weighted by Gasteiger charge is 2.37. The Kier molecular flexibility index (Phi) is 14.5. The van der Waals surface area contributed by atoms with Gasteiger partial charge in [-0.25, -0.2) is 19.6 Å². The normalized spacial score (nSPS) is 15.2. The lowest BCUT2D eigenvalue weighted by molar-refractivity contribution is -0.135. The van der Waals surface area contributed by atoms with Gasteiger partial charge in [0.05, 0.1) is 50.1 Å². The molecule has 0 spiro atoms. The molecule has 4 amide bonds. The van der Waals surface area contributed by atoms with Crippen molar-refractivity contribution in [2.45, 2.75) is 85.0 Å². The van der Waals surface area contributed by atoms with E-state index in [4.69, 9.17) is 9.47 Å². The first-order chi connectivity index (χ1) is 29.3. The maximum atomic E-state index is 13.7. The zero-order valence-corrected chi connectivity index (χ0v) is 36.9. The molecule has 0 saturated carbocycles. The van der Waals surface area contributed by atoms with E-state index in [1.807, 2.05) is 52.6 Å². The van der Waals surface area contributed by atoms with Crippen molar-refractivity contribution in [3.8, 4) is 43.4 Å². The number of H-pyrrole nitrogens is 2. The smallest absolute Gasteiger partial charge is 0.407 e. The van der Waals surface area contributed by atoms with E-state index in [-0.39, 0.29) is 29.8 Å². The van der Waals surface area contributed by atoms with Gasteiger partial charge in [0, 0.05) is 22.8 Å². The van der Waals surface area contributed by atoms with Crippen LogP contribution in [-0.4, -0.2) is 93.1 Å². The number of likely N-dealkylation sites (tertiary alicyclic amines) is 1. The van der Waals surface area contributed by atoms with E-state index < -0.39 is 24.3 Å². The summed E-state index contributed by atoms with van der Waals surface area (Å²) in [6.45, 7) is 12.6. The van der Waals surface area contributed by atoms with Crippen LogP contribution in [0.1, 0.15) is 84.5 Å².